The highest BCUT2D eigenvalue weighted by molar-refractivity contribution is 5.22. The molecular formula is C18H21F9O3. The Morgan fingerprint density at radius 3 is 1.57 bits per heavy atom. The SMILES string of the molecule is CC(C)(C)OOC(C(C)(C)Oc1ccccc1)C(F)(F)C(F)(F)C(F)(F)C(F)(F)F. The van der Waals surface area contributed by atoms with Crippen LogP contribution in [0.1, 0.15) is 34.6 Å². The molecule has 0 aliphatic carbocycles. The third kappa shape index (κ3) is 5.32. The monoisotopic (exact) mass is 456 g/mol. The van der Waals surface area contributed by atoms with Crippen LogP contribution in [-0.4, -0.2) is 41.2 Å². The maximum Gasteiger partial charge on any atom is 0.460 e. The molecule has 0 amide bonds. The van der Waals surface area contributed by atoms with Gasteiger partial charge < -0.3 is 4.74 Å². The molecular weight excluding hydrogens is 435 g/mol. The van der Waals surface area contributed by atoms with Gasteiger partial charge in [0.15, 0.2) is 0 Å². The number of hydrogen-bond acceptors (Lipinski definition) is 3. The third-order valence-corrected chi connectivity index (χ3v) is 3.65. The number of rotatable bonds is 8. The molecule has 1 atom stereocenters. The average molecular weight is 456 g/mol. The summed E-state index contributed by atoms with van der Waals surface area (Å²) in [6, 6.07) is 6.73. The molecule has 0 heterocycles. The quantitative estimate of drug-likeness (QED) is 0.256. The van der Waals surface area contributed by atoms with Crippen LogP contribution in [-0.2, 0) is 9.78 Å². The van der Waals surface area contributed by atoms with Crippen molar-refractivity contribution in [3.05, 3.63) is 30.3 Å². The van der Waals surface area contributed by atoms with Crippen LogP contribution in [0.4, 0.5) is 39.5 Å². The first-order valence-electron chi connectivity index (χ1n) is 8.45. The normalized spacial score (nSPS) is 15.8. The van der Waals surface area contributed by atoms with E-state index < -0.39 is 41.2 Å². The van der Waals surface area contributed by atoms with Crippen LogP contribution in [0, 0.1) is 0 Å². The van der Waals surface area contributed by atoms with Crippen LogP contribution < -0.4 is 4.74 Å². The summed E-state index contributed by atoms with van der Waals surface area (Å²) in [5, 5.41) is 0. The molecule has 3 nitrogen and oxygen atoms in total. The topological polar surface area (TPSA) is 27.7 Å². The molecule has 1 unspecified atom stereocenters. The fourth-order valence-corrected chi connectivity index (χ4v) is 2.20. The molecule has 1 aromatic rings. The minimum Gasteiger partial charge on any atom is -0.485 e. The van der Waals surface area contributed by atoms with Gasteiger partial charge in [-0.15, -0.1) is 0 Å². The number of alkyl halides is 9. The van der Waals surface area contributed by atoms with E-state index in [1.54, 1.807) is 0 Å². The molecule has 12 heteroatoms. The van der Waals surface area contributed by atoms with Gasteiger partial charge in [-0.25, -0.2) is 9.78 Å². The van der Waals surface area contributed by atoms with Gasteiger partial charge in [0, 0.05) is 0 Å². The minimum atomic E-state index is -7.07. The number of hydrogen-bond donors (Lipinski definition) is 0. The molecule has 0 N–H and O–H groups in total. The first-order valence-corrected chi connectivity index (χ1v) is 8.45. The maximum absolute atomic E-state index is 14.7. The zero-order valence-electron chi connectivity index (χ0n) is 16.6. The lowest BCUT2D eigenvalue weighted by molar-refractivity contribution is -0.461. The van der Waals surface area contributed by atoms with E-state index in [0.717, 1.165) is 13.8 Å². The molecule has 0 fully saturated rings. The summed E-state index contributed by atoms with van der Waals surface area (Å²) in [6.45, 7) is 5.25. The van der Waals surface area contributed by atoms with Crippen molar-refractivity contribution in [1.82, 2.24) is 0 Å². The van der Waals surface area contributed by atoms with Gasteiger partial charge in [0.25, 0.3) is 0 Å². The third-order valence-electron chi connectivity index (χ3n) is 3.65. The second-order valence-electron chi connectivity index (χ2n) is 7.96. The van der Waals surface area contributed by atoms with Crippen molar-refractivity contribution in [3.8, 4) is 5.75 Å². The smallest absolute Gasteiger partial charge is 0.460 e. The largest absolute Gasteiger partial charge is 0.485 e. The lowest BCUT2D eigenvalue weighted by Gasteiger charge is -2.43. The van der Waals surface area contributed by atoms with E-state index in [4.69, 9.17) is 4.74 Å². The Morgan fingerprint density at radius 2 is 1.17 bits per heavy atom. The van der Waals surface area contributed by atoms with Crippen LogP contribution in [0.3, 0.4) is 0 Å². The van der Waals surface area contributed by atoms with E-state index in [1.165, 1.54) is 51.1 Å². The summed E-state index contributed by atoms with van der Waals surface area (Å²) >= 11 is 0. The molecule has 0 aliphatic rings. The van der Waals surface area contributed by atoms with Gasteiger partial charge in [0.2, 0.25) is 6.10 Å². The Hall–Kier alpha value is -1.69. The molecule has 0 radical (unpaired) electrons. The van der Waals surface area contributed by atoms with E-state index in [0.29, 0.717) is 0 Å². The number of benzene rings is 1. The molecule has 0 spiro atoms. The molecule has 1 rings (SSSR count). The highest BCUT2D eigenvalue weighted by atomic mass is 19.4. The Bertz CT molecular complexity index is 695. The van der Waals surface area contributed by atoms with Crippen molar-refractivity contribution in [3.63, 3.8) is 0 Å². The van der Waals surface area contributed by atoms with Crippen molar-refractivity contribution in [2.45, 2.75) is 75.9 Å². The lowest BCUT2D eigenvalue weighted by atomic mass is 9.89. The second-order valence-corrected chi connectivity index (χ2v) is 7.96. The van der Waals surface area contributed by atoms with Gasteiger partial charge in [-0.3, -0.25) is 0 Å². The summed E-state index contributed by atoms with van der Waals surface area (Å²) in [5.74, 6) is -20.2. The molecule has 1 aromatic carbocycles. The summed E-state index contributed by atoms with van der Waals surface area (Å²) in [7, 11) is 0. The highest BCUT2D eigenvalue weighted by Gasteiger charge is 2.84. The fraction of sp³-hybridized carbons (Fsp3) is 0.667. The molecule has 0 bridgehead atoms. The van der Waals surface area contributed by atoms with E-state index in [2.05, 4.69) is 9.78 Å². The molecule has 0 saturated heterocycles. The number of halogens is 9. The van der Waals surface area contributed by atoms with Crippen LogP contribution in [0.5, 0.6) is 5.75 Å². The molecule has 0 aromatic heterocycles. The van der Waals surface area contributed by atoms with Gasteiger partial charge in [-0.05, 0) is 46.8 Å². The van der Waals surface area contributed by atoms with E-state index >= 15 is 0 Å². The fourth-order valence-electron chi connectivity index (χ4n) is 2.20. The molecule has 0 aliphatic heterocycles. The standard InChI is InChI=1S/C18H21F9O3/c1-13(2,3)30-29-12(14(4,5)28-11-9-7-6-8-10-11)15(19,20)16(21,22)17(23,24)18(25,26)27/h6-10,12H,1-5H3. The first-order chi connectivity index (χ1) is 13.2. The van der Waals surface area contributed by atoms with Crippen LogP contribution in [0.25, 0.3) is 0 Å². The Kier molecular flexibility index (Phi) is 7.11. The van der Waals surface area contributed by atoms with E-state index in [9.17, 15) is 39.5 Å². The zero-order valence-corrected chi connectivity index (χ0v) is 16.6. The number of ether oxygens (including phenoxy) is 1. The van der Waals surface area contributed by atoms with Crippen molar-refractivity contribution < 1.29 is 54.0 Å². The summed E-state index contributed by atoms with van der Waals surface area (Å²) in [5.41, 5.74) is -3.96. The summed E-state index contributed by atoms with van der Waals surface area (Å²) in [6.07, 6.45) is -10.3. The van der Waals surface area contributed by atoms with E-state index in [1.807, 2.05) is 0 Å². The molecule has 174 valence electrons. The van der Waals surface area contributed by atoms with Gasteiger partial charge >= 0.3 is 23.9 Å². The van der Waals surface area contributed by atoms with Crippen molar-refractivity contribution in [2.24, 2.45) is 0 Å². The van der Waals surface area contributed by atoms with Crippen LogP contribution in [0.2, 0.25) is 0 Å². The van der Waals surface area contributed by atoms with Gasteiger partial charge in [0.1, 0.15) is 11.4 Å². The Morgan fingerprint density at radius 1 is 0.700 bits per heavy atom. The molecule has 30 heavy (non-hydrogen) atoms. The predicted molar refractivity (Wildman–Crippen MR) is 87.8 cm³/mol. The molecule has 0 saturated carbocycles. The van der Waals surface area contributed by atoms with Crippen molar-refractivity contribution >= 4 is 0 Å². The summed E-state index contributed by atoms with van der Waals surface area (Å²) < 4.78 is 127. The highest BCUT2D eigenvalue weighted by Crippen LogP contribution is 2.55. The lowest BCUT2D eigenvalue weighted by Crippen LogP contribution is -2.69. The Labute approximate surface area is 167 Å². The second kappa shape index (κ2) is 8.10. The Balaban J connectivity index is 3.48. The van der Waals surface area contributed by atoms with Crippen LogP contribution in [0.15, 0.2) is 30.3 Å². The predicted octanol–water partition coefficient (Wildman–Crippen LogP) is 6.43. The van der Waals surface area contributed by atoms with Crippen molar-refractivity contribution in [2.75, 3.05) is 0 Å². The van der Waals surface area contributed by atoms with Crippen LogP contribution >= 0.6 is 0 Å². The average Bonchev–Trinajstić information content (AvgIpc) is 2.52. The maximum atomic E-state index is 14.7. The number of para-hydroxylation sites is 1. The van der Waals surface area contributed by atoms with Gasteiger partial charge in [0.05, 0.1) is 5.60 Å². The first kappa shape index (κ1) is 26.3. The van der Waals surface area contributed by atoms with E-state index in [-0.39, 0.29) is 5.75 Å². The summed E-state index contributed by atoms with van der Waals surface area (Å²) in [4.78, 5) is 8.92. The van der Waals surface area contributed by atoms with Gasteiger partial charge in [-0.1, -0.05) is 18.2 Å². The van der Waals surface area contributed by atoms with Crippen molar-refractivity contribution in [1.29, 1.82) is 0 Å². The zero-order chi connectivity index (χ0) is 23.8. The van der Waals surface area contributed by atoms with Gasteiger partial charge in [-0.2, -0.15) is 39.5 Å². The minimum absolute atomic E-state index is 0.159.